The van der Waals surface area contributed by atoms with Crippen molar-refractivity contribution >= 4 is 7.82 Å². The second-order valence-electron chi connectivity index (χ2n) is 4.52. The van der Waals surface area contributed by atoms with E-state index in [9.17, 15) is 35.3 Å². The van der Waals surface area contributed by atoms with Crippen LogP contribution in [-0.4, -0.2) is 37.8 Å². The number of rotatable bonds is 11. The molecule has 23 heavy (non-hydrogen) atoms. The standard InChI is InChI=1S/C11H18F7O4P/c1-3-5-7-21-23(19,20-6-4-2)22-8-9(12,13)10(14,15)11(16,17)18/h3-8H2,1-2H3. The average Bonchev–Trinajstić information content (AvgIpc) is 2.42. The lowest BCUT2D eigenvalue weighted by Crippen LogP contribution is -2.54. The quantitative estimate of drug-likeness (QED) is 0.282. The summed E-state index contributed by atoms with van der Waals surface area (Å²) in [5, 5.41) is 0. The van der Waals surface area contributed by atoms with Gasteiger partial charge in [-0.05, 0) is 12.8 Å². The molecule has 0 fully saturated rings. The molecule has 0 aromatic heterocycles. The van der Waals surface area contributed by atoms with Crippen LogP contribution in [0.25, 0.3) is 0 Å². The van der Waals surface area contributed by atoms with Gasteiger partial charge in [0.2, 0.25) is 0 Å². The molecule has 0 aliphatic rings. The maximum absolute atomic E-state index is 13.1. The summed E-state index contributed by atoms with van der Waals surface area (Å²) in [4.78, 5) is 0. The first-order valence-electron chi connectivity index (χ1n) is 6.69. The Morgan fingerprint density at radius 2 is 1.35 bits per heavy atom. The summed E-state index contributed by atoms with van der Waals surface area (Å²) in [5.74, 6) is -12.0. The van der Waals surface area contributed by atoms with Gasteiger partial charge < -0.3 is 0 Å². The first kappa shape index (κ1) is 22.6. The zero-order valence-electron chi connectivity index (χ0n) is 12.5. The summed E-state index contributed by atoms with van der Waals surface area (Å²) >= 11 is 0. The van der Waals surface area contributed by atoms with Gasteiger partial charge in [-0.15, -0.1) is 0 Å². The van der Waals surface area contributed by atoms with Gasteiger partial charge in [-0.1, -0.05) is 20.3 Å². The molecule has 0 rings (SSSR count). The van der Waals surface area contributed by atoms with E-state index in [2.05, 4.69) is 13.6 Å². The van der Waals surface area contributed by atoms with Crippen molar-refractivity contribution in [2.24, 2.45) is 0 Å². The van der Waals surface area contributed by atoms with Gasteiger partial charge in [0.25, 0.3) is 0 Å². The molecule has 0 aliphatic heterocycles. The Labute approximate surface area is 128 Å². The molecule has 0 radical (unpaired) electrons. The number of phosphoric acid groups is 1. The van der Waals surface area contributed by atoms with Crippen LogP contribution >= 0.6 is 7.82 Å². The Bertz CT molecular complexity index is 400. The van der Waals surface area contributed by atoms with E-state index in [0.717, 1.165) is 0 Å². The molecule has 0 heterocycles. The highest BCUT2D eigenvalue weighted by molar-refractivity contribution is 7.48. The molecule has 0 bridgehead atoms. The van der Waals surface area contributed by atoms with Crippen molar-refractivity contribution in [3.8, 4) is 0 Å². The van der Waals surface area contributed by atoms with Crippen LogP contribution in [-0.2, 0) is 18.1 Å². The molecule has 4 nitrogen and oxygen atoms in total. The second kappa shape index (κ2) is 8.64. The Kier molecular flexibility index (Phi) is 8.50. The number of phosphoric ester groups is 1. The fraction of sp³-hybridized carbons (Fsp3) is 1.00. The van der Waals surface area contributed by atoms with E-state index < -0.39 is 32.5 Å². The summed E-state index contributed by atoms with van der Waals surface area (Å²) in [6.45, 7) is 0.291. The molecule has 1 atom stereocenters. The van der Waals surface area contributed by atoms with E-state index in [1.807, 2.05) is 0 Å². The second-order valence-corrected chi connectivity index (χ2v) is 6.19. The summed E-state index contributed by atoms with van der Waals surface area (Å²) in [6, 6.07) is 0. The minimum Gasteiger partial charge on any atom is -0.287 e. The molecule has 140 valence electrons. The highest BCUT2D eigenvalue weighted by Crippen LogP contribution is 2.53. The third-order valence-electron chi connectivity index (χ3n) is 2.42. The Morgan fingerprint density at radius 3 is 1.78 bits per heavy atom. The van der Waals surface area contributed by atoms with Gasteiger partial charge in [-0.3, -0.25) is 13.6 Å². The van der Waals surface area contributed by atoms with Crippen LogP contribution in [0.1, 0.15) is 33.1 Å². The van der Waals surface area contributed by atoms with Crippen molar-refractivity contribution in [3.05, 3.63) is 0 Å². The predicted molar refractivity (Wildman–Crippen MR) is 66.6 cm³/mol. The topological polar surface area (TPSA) is 44.8 Å². The van der Waals surface area contributed by atoms with Crippen molar-refractivity contribution in [1.29, 1.82) is 0 Å². The first-order valence-corrected chi connectivity index (χ1v) is 8.15. The largest absolute Gasteiger partial charge is 0.474 e. The molecule has 0 saturated heterocycles. The summed E-state index contributed by atoms with van der Waals surface area (Å²) < 4.78 is 113. The minimum absolute atomic E-state index is 0.251. The van der Waals surface area contributed by atoms with Gasteiger partial charge in [0.1, 0.15) is 6.61 Å². The van der Waals surface area contributed by atoms with Crippen LogP contribution in [0, 0.1) is 0 Å². The number of unbranched alkanes of at least 4 members (excludes halogenated alkanes) is 1. The van der Waals surface area contributed by atoms with E-state index in [1.165, 1.54) is 0 Å². The Balaban J connectivity index is 4.98. The summed E-state index contributed by atoms with van der Waals surface area (Å²) in [5.41, 5.74) is 0. The smallest absolute Gasteiger partial charge is 0.287 e. The fourth-order valence-corrected chi connectivity index (χ4v) is 2.40. The molecule has 0 aliphatic carbocycles. The molecule has 0 N–H and O–H groups in total. The first-order chi connectivity index (χ1) is 10.3. The maximum Gasteiger partial charge on any atom is 0.474 e. The number of halogens is 7. The third-order valence-corrected chi connectivity index (χ3v) is 3.86. The lowest BCUT2D eigenvalue weighted by molar-refractivity contribution is -0.358. The van der Waals surface area contributed by atoms with Crippen molar-refractivity contribution < 1.29 is 48.9 Å². The molecule has 0 aromatic carbocycles. The van der Waals surface area contributed by atoms with Crippen molar-refractivity contribution in [1.82, 2.24) is 0 Å². The molecule has 0 spiro atoms. The number of alkyl halides is 7. The van der Waals surface area contributed by atoms with E-state index >= 15 is 0 Å². The number of hydrogen-bond acceptors (Lipinski definition) is 4. The van der Waals surface area contributed by atoms with Gasteiger partial charge in [0.05, 0.1) is 13.2 Å². The predicted octanol–water partition coefficient (Wildman–Crippen LogP) is 5.19. The summed E-state index contributed by atoms with van der Waals surface area (Å²) in [7, 11) is -4.66. The van der Waals surface area contributed by atoms with E-state index in [1.54, 1.807) is 13.8 Å². The van der Waals surface area contributed by atoms with Gasteiger partial charge in [-0.2, -0.15) is 30.7 Å². The van der Waals surface area contributed by atoms with E-state index in [4.69, 9.17) is 0 Å². The van der Waals surface area contributed by atoms with E-state index in [0.29, 0.717) is 12.8 Å². The van der Waals surface area contributed by atoms with Gasteiger partial charge in [0.15, 0.2) is 0 Å². The molecule has 12 heteroatoms. The van der Waals surface area contributed by atoms with Crippen molar-refractivity contribution in [2.45, 2.75) is 51.1 Å². The molecule has 0 saturated carbocycles. The third kappa shape index (κ3) is 6.56. The maximum atomic E-state index is 13.1. The monoisotopic (exact) mass is 378 g/mol. The highest BCUT2D eigenvalue weighted by Gasteiger charge is 2.73. The van der Waals surface area contributed by atoms with Crippen LogP contribution in [0.4, 0.5) is 30.7 Å². The highest BCUT2D eigenvalue weighted by atomic mass is 31.2. The molecule has 0 amide bonds. The zero-order valence-corrected chi connectivity index (χ0v) is 13.4. The minimum atomic E-state index is -6.49. The average molecular weight is 378 g/mol. The zero-order chi connectivity index (χ0) is 18.4. The van der Waals surface area contributed by atoms with Crippen LogP contribution in [0.3, 0.4) is 0 Å². The molecular formula is C11H18F7O4P. The lowest BCUT2D eigenvalue weighted by atomic mass is 10.2. The lowest BCUT2D eigenvalue weighted by Gasteiger charge is -2.28. The Morgan fingerprint density at radius 1 is 0.826 bits per heavy atom. The SMILES string of the molecule is CCCCOP(=O)(OCCC)OCC(F)(F)C(F)(F)C(F)(F)F. The number of hydrogen-bond donors (Lipinski definition) is 0. The van der Waals surface area contributed by atoms with Crippen LogP contribution in [0.5, 0.6) is 0 Å². The van der Waals surface area contributed by atoms with Gasteiger partial charge in [-0.25, -0.2) is 4.57 Å². The van der Waals surface area contributed by atoms with Gasteiger partial charge in [0, 0.05) is 0 Å². The van der Waals surface area contributed by atoms with Crippen LogP contribution < -0.4 is 0 Å². The summed E-state index contributed by atoms with van der Waals surface area (Å²) in [6.07, 6.45) is -5.33. The fourth-order valence-electron chi connectivity index (χ4n) is 1.09. The van der Waals surface area contributed by atoms with Crippen LogP contribution in [0.15, 0.2) is 0 Å². The van der Waals surface area contributed by atoms with Crippen molar-refractivity contribution in [3.63, 3.8) is 0 Å². The van der Waals surface area contributed by atoms with Crippen molar-refractivity contribution in [2.75, 3.05) is 19.8 Å². The van der Waals surface area contributed by atoms with E-state index in [-0.39, 0.29) is 19.6 Å². The molecule has 1 unspecified atom stereocenters. The normalized spacial score (nSPS) is 16.4. The Hall–Kier alpha value is -0.380. The van der Waals surface area contributed by atoms with Crippen LogP contribution in [0.2, 0.25) is 0 Å². The molecule has 0 aromatic rings. The molecular weight excluding hydrogens is 360 g/mol. The van der Waals surface area contributed by atoms with Gasteiger partial charge >= 0.3 is 25.8 Å².